The molecule has 0 aromatic heterocycles. The highest BCUT2D eigenvalue weighted by molar-refractivity contribution is 5.73. The highest BCUT2D eigenvalue weighted by atomic mass is 16.5. The van der Waals surface area contributed by atoms with Gasteiger partial charge in [-0.25, -0.2) is 0 Å². The Balaban J connectivity index is 2.12. The lowest BCUT2D eigenvalue weighted by Crippen LogP contribution is -2.14. The molecular weight excluding hydrogens is 144 g/mol. The summed E-state index contributed by atoms with van der Waals surface area (Å²) in [4.78, 5) is 21.3. The standard InChI is InChI=1S/C8H10O3/c9-4-5-1-2-7-6(5)3-8(10)11-7/h4-7H,1-3H2. The molecule has 1 saturated carbocycles. The first-order valence-corrected chi connectivity index (χ1v) is 3.96. The normalized spacial score (nSPS) is 41.8. The van der Waals surface area contributed by atoms with Gasteiger partial charge in [-0.2, -0.15) is 0 Å². The van der Waals surface area contributed by atoms with E-state index in [1.54, 1.807) is 0 Å². The first-order valence-electron chi connectivity index (χ1n) is 3.96. The van der Waals surface area contributed by atoms with E-state index in [1.165, 1.54) is 0 Å². The van der Waals surface area contributed by atoms with Crippen LogP contribution < -0.4 is 0 Å². The SMILES string of the molecule is O=CC1CCC2OC(=O)CC12. The molecule has 11 heavy (non-hydrogen) atoms. The fourth-order valence-corrected chi connectivity index (χ4v) is 2.07. The van der Waals surface area contributed by atoms with Gasteiger partial charge in [-0.1, -0.05) is 0 Å². The molecule has 0 bridgehead atoms. The lowest BCUT2D eigenvalue weighted by atomic mass is 9.95. The Morgan fingerprint density at radius 3 is 3.00 bits per heavy atom. The Labute approximate surface area is 64.7 Å². The van der Waals surface area contributed by atoms with Crippen molar-refractivity contribution >= 4 is 12.3 Å². The van der Waals surface area contributed by atoms with E-state index >= 15 is 0 Å². The number of fused-ring (bicyclic) bond motifs is 1. The van der Waals surface area contributed by atoms with Crippen molar-refractivity contribution in [1.82, 2.24) is 0 Å². The third-order valence-corrected chi connectivity index (χ3v) is 2.67. The maximum atomic E-state index is 10.8. The van der Waals surface area contributed by atoms with Crippen molar-refractivity contribution in [3.8, 4) is 0 Å². The number of esters is 1. The molecule has 3 nitrogen and oxygen atoms in total. The van der Waals surface area contributed by atoms with Crippen LogP contribution in [0.2, 0.25) is 0 Å². The number of aldehydes is 1. The molecule has 2 rings (SSSR count). The zero-order chi connectivity index (χ0) is 7.84. The van der Waals surface area contributed by atoms with Crippen molar-refractivity contribution in [2.45, 2.75) is 25.4 Å². The molecule has 0 N–H and O–H groups in total. The number of rotatable bonds is 1. The molecule has 0 spiro atoms. The van der Waals surface area contributed by atoms with Crippen molar-refractivity contribution in [3.05, 3.63) is 0 Å². The van der Waals surface area contributed by atoms with Gasteiger partial charge in [0.25, 0.3) is 0 Å². The summed E-state index contributed by atoms with van der Waals surface area (Å²) < 4.78 is 5.02. The Morgan fingerprint density at radius 1 is 1.45 bits per heavy atom. The smallest absolute Gasteiger partial charge is 0.306 e. The second kappa shape index (κ2) is 2.32. The van der Waals surface area contributed by atoms with Gasteiger partial charge in [-0.3, -0.25) is 4.79 Å². The number of hydrogen-bond acceptors (Lipinski definition) is 3. The second-order valence-electron chi connectivity index (χ2n) is 3.27. The number of carbonyl (C=O) groups excluding carboxylic acids is 2. The van der Waals surface area contributed by atoms with Crippen LogP contribution in [-0.4, -0.2) is 18.4 Å². The number of ether oxygens (including phenoxy) is 1. The fourth-order valence-electron chi connectivity index (χ4n) is 2.07. The van der Waals surface area contributed by atoms with Gasteiger partial charge in [-0.15, -0.1) is 0 Å². The zero-order valence-corrected chi connectivity index (χ0v) is 6.16. The second-order valence-corrected chi connectivity index (χ2v) is 3.27. The highest BCUT2D eigenvalue weighted by Gasteiger charge is 2.44. The third-order valence-electron chi connectivity index (χ3n) is 2.67. The summed E-state index contributed by atoms with van der Waals surface area (Å²) in [6.07, 6.45) is 3.24. The van der Waals surface area contributed by atoms with Crippen LogP contribution in [0.15, 0.2) is 0 Å². The predicted octanol–water partition coefficient (Wildman–Crippen LogP) is 0.527. The molecule has 60 valence electrons. The van der Waals surface area contributed by atoms with Crippen LogP contribution >= 0.6 is 0 Å². The summed E-state index contributed by atoms with van der Waals surface area (Å²) in [5, 5.41) is 0. The number of hydrogen-bond donors (Lipinski definition) is 0. The van der Waals surface area contributed by atoms with Crippen molar-refractivity contribution in [3.63, 3.8) is 0 Å². The molecule has 0 amide bonds. The summed E-state index contributed by atoms with van der Waals surface area (Å²) in [7, 11) is 0. The molecule has 1 aliphatic heterocycles. The predicted molar refractivity (Wildman–Crippen MR) is 36.8 cm³/mol. The molecule has 1 heterocycles. The number of carbonyl (C=O) groups is 2. The van der Waals surface area contributed by atoms with E-state index in [9.17, 15) is 9.59 Å². The van der Waals surface area contributed by atoms with Crippen LogP contribution in [0.25, 0.3) is 0 Å². The van der Waals surface area contributed by atoms with E-state index in [0.717, 1.165) is 19.1 Å². The van der Waals surface area contributed by atoms with E-state index in [2.05, 4.69) is 0 Å². The summed E-state index contributed by atoms with van der Waals surface area (Å²) in [5.74, 6) is 0.137. The van der Waals surface area contributed by atoms with Crippen LogP contribution in [0, 0.1) is 11.8 Å². The molecular formula is C8H10O3. The lowest BCUT2D eigenvalue weighted by molar-refractivity contribution is -0.141. The maximum Gasteiger partial charge on any atom is 0.306 e. The molecule has 1 aliphatic carbocycles. The first kappa shape index (κ1) is 6.83. The van der Waals surface area contributed by atoms with Crippen molar-refractivity contribution in [2.24, 2.45) is 11.8 Å². The van der Waals surface area contributed by atoms with Crippen molar-refractivity contribution in [2.75, 3.05) is 0 Å². The fraction of sp³-hybridized carbons (Fsp3) is 0.750. The van der Waals surface area contributed by atoms with Gasteiger partial charge < -0.3 is 9.53 Å². The van der Waals surface area contributed by atoms with E-state index in [4.69, 9.17) is 4.74 Å². The third kappa shape index (κ3) is 0.951. The zero-order valence-electron chi connectivity index (χ0n) is 6.16. The molecule has 3 atom stereocenters. The minimum absolute atomic E-state index is 0.0534. The Kier molecular flexibility index (Phi) is 1.44. The minimum Gasteiger partial charge on any atom is -0.462 e. The van der Waals surface area contributed by atoms with E-state index in [0.29, 0.717) is 6.42 Å². The van der Waals surface area contributed by atoms with Crippen molar-refractivity contribution < 1.29 is 14.3 Å². The minimum atomic E-state index is -0.133. The van der Waals surface area contributed by atoms with Crippen LogP contribution in [0.4, 0.5) is 0 Å². The Bertz CT molecular complexity index is 200. The van der Waals surface area contributed by atoms with Crippen LogP contribution in [-0.2, 0) is 14.3 Å². The molecule has 0 aromatic carbocycles. The van der Waals surface area contributed by atoms with E-state index in [1.807, 2.05) is 0 Å². The molecule has 2 fully saturated rings. The van der Waals surface area contributed by atoms with E-state index in [-0.39, 0.29) is 23.9 Å². The van der Waals surface area contributed by atoms with Crippen LogP contribution in [0.3, 0.4) is 0 Å². The average Bonchev–Trinajstić information content (AvgIpc) is 2.45. The highest BCUT2D eigenvalue weighted by Crippen LogP contribution is 2.39. The van der Waals surface area contributed by atoms with Gasteiger partial charge in [0.05, 0.1) is 6.42 Å². The summed E-state index contributed by atoms with van der Waals surface area (Å²) >= 11 is 0. The summed E-state index contributed by atoms with van der Waals surface area (Å²) in [5.41, 5.74) is 0. The van der Waals surface area contributed by atoms with Gasteiger partial charge >= 0.3 is 5.97 Å². The van der Waals surface area contributed by atoms with E-state index < -0.39 is 0 Å². The van der Waals surface area contributed by atoms with Gasteiger partial charge in [-0.05, 0) is 12.8 Å². The topological polar surface area (TPSA) is 43.4 Å². The average molecular weight is 154 g/mol. The first-order chi connectivity index (χ1) is 5.31. The molecule has 2 aliphatic rings. The van der Waals surface area contributed by atoms with Crippen molar-refractivity contribution in [1.29, 1.82) is 0 Å². The van der Waals surface area contributed by atoms with Gasteiger partial charge in [0.1, 0.15) is 12.4 Å². The summed E-state index contributed by atoms with van der Waals surface area (Å²) in [6, 6.07) is 0. The maximum absolute atomic E-state index is 10.8. The van der Waals surface area contributed by atoms with Gasteiger partial charge in [0.15, 0.2) is 0 Å². The molecule has 3 unspecified atom stereocenters. The van der Waals surface area contributed by atoms with Gasteiger partial charge in [0.2, 0.25) is 0 Å². The monoisotopic (exact) mass is 154 g/mol. The molecule has 3 heteroatoms. The van der Waals surface area contributed by atoms with Crippen LogP contribution in [0.5, 0.6) is 0 Å². The largest absolute Gasteiger partial charge is 0.462 e. The quantitative estimate of drug-likeness (QED) is 0.408. The Hall–Kier alpha value is -0.860. The Morgan fingerprint density at radius 2 is 2.27 bits per heavy atom. The molecule has 0 radical (unpaired) electrons. The van der Waals surface area contributed by atoms with Gasteiger partial charge in [0, 0.05) is 11.8 Å². The van der Waals surface area contributed by atoms with Crippen LogP contribution in [0.1, 0.15) is 19.3 Å². The lowest BCUT2D eigenvalue weighted by Gasteiger charge is -2.07. The molecule has 1 saturated heterocycles. The molecule has 0 aromatic rings. The summed E-state index contributed by atoms with van der Waals surface area (Å²) in [6.45, 7) is 0.